The maximum Gasteiger partial charge on any atom is 0.334 e. The molecule has 1 aromatic rings. The molecule has 2 nitrogen and oxygen atoms in total. The van der Waals surface area contributed by atoms with Crippen molar-refractivity contribution in [1.82, 2.24) is 0 Å². The van der Waals surface area contributed by atoms with Gasteiger partial charge in [0.1, 0.15) is 5.60 Å². The van der Waals surface area contributed by atoms with E-state index in [0.29, 0.717) is 12.0 Å². The molecular formula is C13H11BrO2. The van der Waals surface area contributed by atoms with E-state index in [1.54, 1.807) is 0 Å². The van der Waals surface area contributed by atoms with Crippen molar-refractivity contribution in [3.63, 3.8) is 0 Å². The molecule has 1 saturated heterocycles. The Morgan fingerprint density at radius 3 is 2.75 bits per heavy atom. The van der Waals surface area contributed by atoms with Gasteiger partial charge in [0.15, 0.2) is 0 Å². The molecule has 16 heavy (non-hydrogen) atoms. The third kappa shape index (κ3) is 1.21. The van der Waals surface area contributed by atoms with E-state index in [1.807, 2.05) is 12.1 Å². The van der Waals surface area contributed by atoms with Gasteiger partial charge in [0, 0.05) is 18.4 Å². The number of carbonyl (C=O) groups is 1. The van der Waals surface area contributed by atoms with E-state index in [9.17, 15) is 4.79 Å². The molecule has 0 radical (unpaired) electrons. The van der Waals surface area contributed by atoms with Gasteiger partial charge in [0.05, 0.1) is 4.83 Å². The first-order chi connectivity index (χ1) is 7.62. The molecule has 1 heterocycles. The number of fused-ring (bicyclic) bond motifs is 1. The highest BCUT2D eigenvalue weighted by Crippen LogP contribution is 2.52. The van der Waals surface area contributed by atoms with Crippen molar-refractivity contribution in [2.24, 2.45) is 0 Å². The largest absolute Gasteiger partial charge is 0.453 e. The van der Waals surface area contributed by atoms with Crippen LogP contribution < -0.4 is 0 Å². The topological polar surface area (TPSA) is 26.3 Å². The lowest BCUT2D eigenvalue weighted by Crippen LogP contribution is -2.30. The molecule has 0 bridgehead atoms. The van der Waals surface area contributed by atoms with E-state index in [-0.39, 0.29) is 10.8 Å². The van der Waals surface area contributed by atoms with E-state index < -0.39 is 5.60 Å². The average molecular weight is 279 g/mol. The molecule has 0 unspecified atom stereocenters. The lowest BCUT2D eigenvalue weighted by Gasteiger charge is -2.25. The van der Waals surface area contributed by atoms with Crippen molar-refractivity contribution < 1.29 is 9.53 Å². The first kappa shape index (κ1) is 10.1. The quantitative estimate of drug-likeness (QED) is 0.414. The van der Waals surface area contributed by atoms with Crippen LogP contribution in [0.15, 0.2) is 36.4 Å². The van der Waals surface area contributed by atoms with Crippen LogP contribution in [0.5, 0.6) is 0 Å². The molecule has 1 spiro atoms. The summed E-state index contributed by atoms with van der Waals surface area (Å²) in [6, 6.07) is 8.20. The standard InChI is InChI=1S/C13H11BrO2/c1-8-6-13(16-12(8)15)7-9-4-2-3-5-10(9)11(13)14/h2-5,11H,1,6-7H2/t11-,13-/m1/s1. The average Bonchev–Trinajstić information content (AvgIpc) is 2.68. The highest BCUT2D eigenvalue weighted by atomic mass is 79.9. The highest BCUT2D eigenvalue weighted by molar-refractivity contribution is 9.09. The third-order valence-electron chi connectivity index (χ3n) is 3.38. The zero-order chi connectivity index (χ0) is 11.3. The minimum atomic E-state index is -0.433. The smallest absolute Gasteiger partial charge is 0.334 e. The van der Waals surface area contributed by atoms with Crippen molar-refractivity contribution in [2.75, 3.05) is 0 Å². The Bertz CT molecular complexity index is 476. The zero-order valence-corrected chi connectivity index (χ0v) is 10.3. The van der Waals surface area contributed by atoms with Gasteiger partial charge >= 0.3 is 5.97 Å². The number of ether oxygens (including phenoxy) is 1. The fraction of sp³-hybridized carbons (Fsp3) is 0.308. The van der Waals surface area contributed by atoms with Crippen LogP contribution in [0.1, 0.15) is 22.4 Å². The summed E-state index contributed by atoms with van der Waals surface area (Å²) in [4.78, 5) is 11.6. The van der Waals surface area contributed by atoms with E-state index >= 15 is 0 Å². The molecule has 2 aliphatic rings. The Morgan fingerprint density at radius 1 is 1.38 bits per heavy atom. The molecule has 0 amide bonds. The molecule has 1 fully saturated rings. The monoisotopic (exact) mass is 278 g/mol. The fourth-order valence-electron chi connectivity index (χ4n) is 2.60. The molecular weight excluding hydrogens is 268 g/mol. The molecule has 2 atom stereocenters. The van der Waals surface area contributed by atoms with Gasteiger partial charge in [-0.05, 0) is 11.1 Å². The molecule has 82 valence electrons. The van der Waals surface area contributed by atoms with E-state index in [2.05, 4.69) is 34.6 Å². The summed E-state index contributed by atoms with van der Waals surface area (Å²) >= 11 is 3.66. The van der Waals surface area contributed by atoms with E-state index in [0.717, 1.165) is 6.42 Å². The van der Waals surface area contributed by atoms with Crippen LogP contribution in [-0.4, -0.2) is 11.6 Å². The van der Waals surface area contributed by atoms with Gasteiger partial charge in [0.25, 0.3) is 0 Å². The SMILES string of the molecule is C=C1C[C@]2(Cc3ccccc3[C@H]2Br)OC1=O. The number of benzene rings is 1. The van der Waals surface area contributed by atoms with Gasteiger partial charge in [0.2, 0.25) is 0 Å². The van der Waals surface area contributed by atoms with E-state index in [4.69, 9.17) is 4.74 Å². The summed E-state index contributed by atoms with van der Waals surface area (Å²) in [6.07, 6.45) is 1.40. The van der Waals surface area contributed by atoms with Crippen LogP contribution in [0.2, 0.25) is 0 Å². The maximum atomic E-state index is 11.5. The Kier molecular flexibility index (Phi) is 2.02. The van der Waals surface area contributed by atoms with Gasteiger partial charge < -0.3 is 4.74 Å². The molecule has 1 aromatic carbocycles. The second-order valence-electron chi connectivity index (χ2n) is 4.47. The number of esters is 1. The summed E-state index contributed by atoms with van der Waals surface area (Å²) in [5, 5.41) is 0. The zero-order valence-electron chi connectivity index (χ0n) is 8.70. The molecule has 1 aliphatic heterocycles. The van der Waals surface area contributed by atoms with Crippen LogP contribution in [0.25, 0.3) is 0 Å². The van der Waals surface area contributed by atoms with Crippen molar-refractivity contribution >= 4 is 21.9 Å². The number of halogens is 1. The first-order valence-electron chi connectivity index (χ1n) is 5.25. The Labute approximate surface area is 102 Å². The van der Waals surface area contributed by atoms with Gasteiger partial charge in [-0.25, -0.2) is 4.79 Å². The van der Waals surface area contributed by atoms with Crippen molar-refractivity contribution in [3.8, 4) is 0 Å². The molecule has 0 N–H and O–H groups in total. The summed E-state index contributed by atoms with van der Waals surface area (Å²) in [6.45, 7) is 3.76. The Hall–Kier alpha value is -1.09. The Morgan fingerprint density at radius 2 is 2.12 bits per heavy atom. The molecule has 0 aromatic heterocycles. The van der Waals surface area contributed by atoms with Crippen molar-refractivity contribution in [3.05, 3.63) is 47.5 Å². The number of rotatable bonds is 0. The predicted octanol–water partition coefficient (Wildman–Crippen LogP) is 2.92. The van der Waals surface area contributed by atoms with Crippen molar-refractivity contribution in [1.29, 1.82) is 0 Å². The van der Waals surface area contributed by atoms with Crippen LogP contribution >= 0.6 is 15.9 Å². The summed E-state index contributed by atoms with van der Waals surface area (Å²) < 4.78 is 5.53. The number of carbonyl (C=O) groups excluding carboxylic acids is 1. The molecule has 0 saturated carbocycles. The minimum absolute atomic E-state index is 0.0828. The Balaban J connectivity index is 2.04. The minimum Gasteiger partial charge on any atom is -0.453 e. The summed E-state index contributed by atoms with van der Waals surface area (Å²) in [5.74, 6) is -0.253. The summed E-state index contributed by atoms with van der Waals surface area (Å²) in [5.41, 5.74) is 2.63. The second-order valence-corrected chi connectivity index (χ2v) is 5.39. The number of alkyl halides is 1. The number of hydrogen-bond donors (Lipinski definition) is 0. The maximum absolute atomic E-state index is 11.5. The third-order valence-corrected chi connectivity index (χ3v) is 4.70. The second kappa shape index (κ2) is 3.20. The molecule has 3 rings (SSSR count). The van der Waals surface area contributed by atoms with Gasteiger partial charge in [-0.15, -0.1) is 0 Å². The fourth-order valence-corrected chi connectivity index (χ4v) is 3.47. The molecule has 1 aliphatic carbocycles. The first-order valence-corrected chi connectivity index (χ1v) is 6.17. The van der Waals surface area contributed by atoms with E-state index in [1.165, 1.54) is 11.1 Å². The summed E-state index contributed by atoms with van der Waals surface area (Å²) in [7, 11) is 0. The van der Waals surface area contributed by atoms with Gasteiger partial charge in [-0.1, -0.05) is 46.8 Å². The molecule has 3 heteroatoms. The van der Waals surface area contributed by atoms with Crippen LogP contribution in [0, 0.1) is 0 Å². The lowest BCUT2D eigenvalue weighted by atomic mass is 9.95. The number of hydrogen-bond acceptors (Lipinski definition) is 2. The van der Waals surface area contributed by atoms with Crippen molar-refractivity contribution in [2.45, 2.75) is 23.3 Å². The van der Waals surface area contributed by atoms with Gasteiger partial charge in [-0.2, -0.15) is 0 Å². The van der Waals surface area contributed by atoms with Crippen LogP contribution in [0.4, 0.5) is 0 Å². The van der Waals surface area contributed by atoms with Crippen LogP contribution in [0.3, 0.4) is 0 Å². The normalized spacial score (nSPS) is 31.9. The lowest BCUT2D eigenvalue weighted by molar-refractivity contribution is -0.145. The highest BCUT2D eigenvalue weighted by Gasteiger charge is 2.52. The van der Waals surface area contributed by atoms with Gasteiger partial charge in [-0.3, -0.25) is 0 Å². The van der Waals surface area contributed by atoms with Crippen LogP contribution in [-0.2, 0) is 16.0 Å². The predicted molar refractivity (Wildman–Crippen MR) is 64.4 cm³/mol.